The van der Waals surface area contributed by atoms with Gasteiger partial charge in [0.05, 0.1) is 17.1 Å². The molecule has 4 aliphatic carbocycles. The SMILES string of the molecule is Cc1cc(S(=O)(=O)NCCOC23CC4CC(CC(C4)C2)C3)ccc1Cl. The van der Waals surface area contributed by atoms with Crippen LogP contribution < -0.4 is 4.72 Å². The van der Waals surface area contributed by atoms with Crippen LogP contribution >= 0.6 is 11.6 Å². The van der Waals surface area contributed by atoms with Crippen LogP contribution in [-0.2, 0) is 14.8 Å². The van der Waals surface area contributed by atoms with Crippen LogP contribution in [0, 0.1) is 24.7 Å². The number of aryl methyl sites for hydroxylation is 1. The number of hydrogen-bond acceptors (Lipinski definition) is 3. The summed E-state index contributed by atoms with van der Waals surface area (Å²) in [5.41, 5.74) is 0.784. The van der Waals surface area contributed by atoms with Gasteiger partial charge in [-0.1, -0.05) is 11.6 Å². The minimum Gasteiger partial charge on any atom is -0.374 e. The second-order valence-corrected chi connectivity index (χ2v) is 10.4. The molecule has 4 fully saturated rings. The van der Waals surface area contributed by atoms with Gasteiger partial charge in [0.1, 0.15) is 0 Å². The van der Waals surface area contributed by atoms with E-state index in [9.17, 15) is 8.42 Å². The van der Waals surface area contributed by atoms with Crippen LogP contribution in [0.15, 0.2) is 23.1 Å². The number of rotatable bonds is 6. The minimum atomic E-state index is -3.52. The molecule has 0 aromatic heterocycles. The van der Waals surface area contributed by atoms with E-state index in [4.69, 9.17) is 16.3 Å². The lowest BCUT2D eigenvalue weighted by Crippen LogP contribution is -2.52. The van der Waals surface area contributed by atoms with E-state index in [2.05, 4.69) is 4.72 Å². The summed E-state index contributed by atoms with van der Waals surface area (Å²) < 4.78 is 33.7. The summed E-state index contributed by atoms with van der Waals surface area (Å²) in [7, 11) is -3.52. The lowest BCUT2D eigenvalue weighted by atomic mass is 9.54. The first kappa shape index (κ1) is 17.8. The van der Waals surface area contributed by atoms with E-state index in [1.54, 1.807) is 19.1 Å². The Hall–Kier alpha value is -0.620. The topological polar surface area (TPSA) is 55.4 Å². The fourth-order valence-electron chi connectivity index (χ4n) is 5.52. The molecule has 4 aliphatic rings. The van der Waals surface area contributed by atoms with Crippen LogP contribution in [0.1, 0.15) is 44.1 Å². The molecular weight excluding hydrogens is 358 g/mol. The molecular formula is C19H26ClNO3S. The Kier molecular flexibility index (Phi) is 4.64. The van der Waals surface area contributed by atoms with Gasteiger partial charge in [-0.25, -0.2) is 13.1 Å². The maximum atomic E-state index is 12.4. The van der Waals surface area contributed by atoms with Gasteiger partial charge in [-0.2, -0.15) is 0 Å². The molecule has 5 rings (SSSR count). The minimum absolute atomic E-state index is 0.0249. The zero-order chi connectivity index (χ0) is 17.7. The molecule has 1 N–H and O–H groups in total. The van der Waals surface area contributed by atoms with E-state index in [0.29, 0.717) is 18.2 Å². The van der Waals surface area contributed by atoms with E-state index in [1.165, 1.54) is 44.6 Å². The molecule has 1 aromatic carbocycles. The van der Waals surface area contributed by atoms with Crippen LogP contribution in [0.25, 0.3) is 0 Å². The quantitative estimate of drug-likeness (QED) is 0.757. The highest BCUT2D eigenvalue weighted by Gasteiger charge is 2.51. The number of sulfonamides is 1. The number of halogens is 1. The molecule has 4 bridgehead atoms. The second kappa shape index (κ2) is 6.52. The first-order valence-corrected chi connectivity index (χ1v) is 11.1. The van der Waals surface area contributed by atoms with Crippen molar-refractivity contribution in [1.29, 1.82) is 0 Å². The highest BCUT2D eigenvalue weighted by molar-refractivity contribution is 7.89. The van der Waals surface area contributed by atoms with Gasteiger partial charge in [0.15, 0.2) is 0 Å². The molecule has 0 atom stereocenters. The van der Waals surface area contributed by atoms with Gasteiger partial charge < -0.3 is 4.74 Å². The molecule has 0 heterocycles. The van der Waals surface area contributed by atoms with Crippen molar-refractivity contribution in [1.82, 2.24) is 4.72 Å². The third-order valence-electron chi connectivity index (χ3n) is 6.22. The summed E-state index contributed by atoms with van der Waals surface area (Å²) in [6.07, 6.45) is 7.65. The van der Waals surface area contributed by atoms with Crippen molar-refractivity contribution in [3.05, 3.63) is 28.8 Å². The molecule has 0 spiro atoms. The van der Waals surface area contributed by atoms with Crippen molar-refractivity contribution >= 4 is 21.6 Å². The average molecular weight is 384 g/mol. The highest BCUT2D eigenvalue weighted by Crippen LogP contribution is 2.57. The van der Waals surface area contributed by atoms with Crippen LogP contribution in [-0.4, -0.2) is 27.2 Å². The molecule has 0 saturated heterocycles. The van der Waals surface area contributed by atoms with Crippen LogP contribution in [0.4, 0.5) is 0 Å². The molecule has 6 heteroatoms. The van der Waals surface area contributed by atoms with Gasteiger partial charge >= 0.3 is 0 Å². The molecule has 0 unspecified atom stereocenters. The number of hydrogen-bond donors (Lipinski definition) is 1. The van der Waals surface area contributed by atoms with Gasteiger partial charge in [0.2, 0.25) is 10.0 Å². The normalized spacial score (nSPS) is 33.8. The predicted octanol–water partition coefficient (Wildman–Crippen LogP) is 3.91. The Morgan fingerprint density at radius 2 is 1.76 bits per heavy atom. The van der Waals surface area contributed by atoms with Crippen molar-refractivity contribution in [2.24, 2.45) is 17.8 Å². The summed E-state index contributed by atoms with van der Waals surface area (Å²) in [6.45, 7) is 2.56. The number of nitrogens with one attached hydrogen (secondary N) is 1. The third-order valence-corrected chi connectivity index (χ3v) is 8.11. The van der Waals surface area contributed by atoms with Crippen LogP contribution in [0.3, 0.4) is 0 Å². The second-order valence-electron chi connectivity index (χ2n) is 8.26. The van der Waals surface area contributed by atoms with Crippen molar-refractivity contribution in [3.63, 3.8) is 0 Å². The maximum Gasteiger partial charge on any atom is 0.240 e. The van der Waals surface area contributed by atoms with Gasteiger partial charge in [-0.15, -0.1) is 0 Å². The molecule has 4 saturated carbocycles. The van der Waals surface area contributed by atoms with Gasteiger partial charge in [-0.05, 0) is 87.0 Å². The van der Waals surface area contributed by atoms with E-state index < -0.39 is 10.0 Å². The largest absolute Gasteiger partial charge is 0.374 e. The fraction of sp³-hybridized carbons (Fsp3) is 0.684. The molecule has 25 heavy (non-hydrogen) atoms. The number of ether oxygens (including phenoxy) is 1. The van der Waals surface area contributed by atoms with Crippen molar-refractivity contribution in [2.45, 2.75) is 55.9 Å². The summed E-state index contributed by atoms with van der Waals surface area (Å²) >= 11 is 5.97. The van der Waals surface area contributed by atoms with Crippen LogP contribution in [0.2, 0.25) is 5.02 Å². The van der Waals surface area contributed by atoms with E-state index in [-0.39, 0.29) is 10.5 Å². The molecule has 0 aliphatic heterocycles. The fourth-order valence-corrected chi connectivity index (χ4v) is 6.73. The summed E-state index contributed by atoms with van der Waals surface area (Å²) in [4.78, 5) is 0.254. The van der Waals surface area contributed by atoms with Crippen molar-refractivity contribution in [3.8, 4) is 0 Å². The Morgan fingerprint density at radius 3 is 2.32 bits per heavy atom. The molecule has 138 valence electrons. The first-order valence-electron chi connectivity index (χ1n) is 9.25. The van der Waals surface area contributed by atoms with Gasteiger partial charge in [0.25, 0.3) is 0 Å². The monoisotopic (exact) mass is 383 g/mol. The first-order chi connectivity index (χ1) is 11.9. The predicted molar refractivity (Wildman–Crippen MR) is 98.2 cm³/mol. The molecule has 1 aromatic rings. The summed E-state index contributed by atoms with van der Waals surface area (Å²) in [5.74, 6) is 2.50. The average Bonchev–Trinajstić information content (AvgIpc) is 2.53. The van der Waals surface area contributed by atoms with E-state index >= 15 is 0 Å². The lowest BCUT2D eigenvalue weighted by molar-refractivity contribution is -0.160. The van der Waals surface area contributed by atoms with Gasteiger partial charge in [0, 0.05) is 11.6 Å². The zero-order valence-corrected chi connectivity index (χ0v) is 16.2. The summed E-state index contributed by atoms with van der Waals surface area (Å²) in [6, 6.07) is 4.76. The summed E-state index contributed by atoms with van der Waals surface area (Å²) in [5, 5.41) is 0.573. The van der Waals surface area contributed by atoms with Crippen molar-refractivity contribution < 1.29 is 13.2 Å². The standard InChI is InChI=1S/C19H26ClNO3S/c1-13-6-17(2-3-18(13)20)25(22,23)21-4-5-24-19-10-14-7-15(11-19)9-16(8-14)12-19/h2-3,6,14-16,21H,4-5,7-12H2,1H3. The Bertz CT molecular complexity index is 727. The maximum absolute atomic E-state index is 12.4. The third kappa shape index (κ3) is 3.61. The molecule has 0 amide bonds. The van der Waals surface area contributed by atoms with E-state index in [0.717, 1.165) is 23.3 Å². The zero-order valence-electron chi connectivity index (χ0n) is 14.6. The number of benzene rings is 1. The Labute approximate surface area is 155 Å². The Morgan fingerprint density at radius 1 is 1.16 bits per heavy atom. The van der Waals surface area contributed by atoms with Gasteiger partial charge in [-0.3, -0.25) is 0 Å². The highest BCUT2D eigenvalue weighted by atomic mass is 35.5. The Balaban J connectivity index is 1.32. The van der Waals surface area contributed by atoms with Crippen LogP contribution in [0.5, 0.6) is 0 Å². The molecule has 0 radical (unpaired) electrons. The lowest BCUT2D eigenvalue weighted by Gasteiger charge is -2.56. The molecule has 4 nitrogen and oxygen atoms in total. The van der Waals surface area contributed by atoms with Crippen molar-refractivity contribution in [2.75, 3.05) is 13.2 Å². The smallest absolute Gasteiger partial charge is 0.240 e. The van der Waals surface area contributed by atoms with E-state index in [1.807, 2.05) is 0 Å².